The van der Waals surface area contributed by atoms with Gasteiger partial charge in [-0.05, 0) is 26.0 Å². The lowest BCUT2D eigenvalue weighted by atomic mass is 9.77. The SMILES string of the molecule is CC(=O)C=Cc1ncn2cc(C3=C(C(=O)O)N4C(=O)[C@H]([C@@H](C)O)[C@H]4[C@H]3C)sc12. The number of rotatable bonds is 5. The number of imidazole rings is 1. The smallest absolute Gasteiger partial charge is 0.352 e. The van der Waals surface area contributed by atoms with Crippen molar-refractivity contribution in [1.29, 1.82) is 0 Å². The Balaban J connectivity index is 1.81. The van der Waals surface area contributed by atoms with Crippen molar-refractivity contribution in [3.8, 4) is 0 Å². The number of aliphatic hydroxyl groups is 1. The van der Waals surface area contributed by atoms with Crippen LogP contribution < -0.4 is 0 Å². The van der Waals surface area contributed by atoms with Crippen molar-refractivity contribution < 1.29 is 24.6 Å². The molecular formula is C19H19N3O5S. The maximum Gasteiger partial charge on any atom is 0.352 e. The summed E-state index contributed by atoms with van der Waals surface area (Å²) in [6.45, 7) is 4.89. The topological polar surface area (TPSA) is 112 Å². The molecule has 2 aromatic rings. The number of carboxylic acid groups (broad SMARTS) is 1. The summed E-state index contributed by atoms with van der Waals surface area (Å²) in [5.74, 6) is -2.42. The number of allylic oxidation sites excluding steroid dienone is 1. The highest BCUT2D eigenvalue weighted by Gasteiger charge is 2.60. The van der Waals surface area contributed by atoms with Gasteiger partial charge in [-0.25, -0.2) is 9.78 Å². The lowest BCUT2D eigenvalue weighted by Crippen LogP contribution is -2.63. The van der Waals surface area contributed by atoms with Gasteiger partial charge in [0.2, 0.25) is 5.91 Å². The highest BCUT2D eigenvalue weighted by Crippen LogP contribution is 2.51. The monoisotopic (exact) mass is 401 g/mol. The summed E-state index contributed by atoms with van der Waals surface area (Å²) in [6.07, 6.45) is 5.62. The maximum absolute atomic E-state index is 12.5. The van der Waals surface area contributed by atoms with E-state index in [-0.39, 0.29) is 29.3 Å². The van der Waals surface area contributed by atoms with Crippen LogP contribution >= 0.6 is 11.3 Å². The van der Waals surface area contributed by atoms with E-state index >= 15 is 0 Å². The van der Waals surface area contributed by atoms with Gasteiger partial charge in [-0.2, -0.15) is 0 Å². The number of fused-ring (bicyclic) bond motifs is 2. The standard InChI is InChI=1S/C19H19N3O5S/c1-8(23)4-5-11-18-21(7-20-11)6-12(28-18)13-9(2)15-14(10(3)24)17(25)22(15)16(13)19(26)27/h4-7,9-10,14-15,24H,1-3H3,(H,26,27)/t9-,10+,14+,15+/m0/s1. The number of aliphatic hydroxyl groups excluding tert-OH is 1. The molecule has 0 saturated carbocycles. The third kappa shape index (κ3) is 2.54. The molecule has 4 heterocycles. The molecule has 28 heavy (non-hydrogen) atoms. The van der Waals surface area contributed by atoms with Crippen LogP contribution in [0.3, 0.4) is 0 Å². The minimum Gasteiger partial charge on any atom is -0.477 e. The summed E-state index contributed by atoms with van der Waals surface area (Å²) < 4.78 is 1.78. The second-order valence-electron chi connectivity index (χ2n) is 7.20. The molecule has 0 spiro atoms. The van der Waals surface area contributed by atoms with Crippen LogP contribution in [0.25, 0.3) is 16.5 Å². The number of nitrogens with zero attached hydrogens (tertiary/aromatic N) is 3. The first kappa shape index (κ1) is 18.6. The predicted molar refractivity (Wildman–Crippen MR) is 102 cm³/mol. The maximum atomic E-state index is 12.5. The molecule has 0 unspecified atom stereocenters. The number of carbonyl (C=O) groups is 3. The first-order valence-electron chi connectivity index (χ1n) is 8.86. The van der Waals surface area contributed by atoms with Crippen LogP contribution in [-0.2, 0) is 14.4 Å². The minimum absolute atomic E-state index is 0.0160. The molecule has 2 aromatic heterocycles. The fraction of sp³-hybridized carbons (Fsp3) is 0.368. The Bertz CT molecular complexity index is 1080. The van der Waals surface area contributed by atoms with Crippen LogP contribution in [0.1, 0.15) is 31.3 Å². The minimum atomic E-state index is -1.16. The molecule has 1 fully saturated rings. The summed E-state index contributed by atoms with van der Waals surface area (Å²) in [6, 6.07) is -0.356. The Morgan fingerprint density at radius 2 is 2.11 bits per heavy atom. The fourth-order valence-corrected chi connectivity index (χ4v) is 5.34. The van der Waals surface area contributed by atoms with E-state index in [1.807, 2.05) is 6.92 Å². The molecule has 0 bridgehead atoms. The molecule has 0 aliphatic carbocycles. The number of ketones is 1. The van der Waals surface area contributed by atoms with Crippen molar-refractivity contribution in [3.63, 3.8) is 0 Å². The molecule has 2 N–H and O–H groups in total. The first-order chi connectivity index (χ1) is 13.2. The van der Waals surface area contributed by atoms with Gasteiger partial charge in [0.15, 0.2) is 5.78 Å². The van der Waals surface area contributed by atoms with Crippen LogP contribution in [0.15, 0.2) is 24.3 Å². The molecule has 4 atom stereocenters. The Kier molecular flexibility index (Phi) is 4.24. The van der Waals surface area contributed by atoms with Crippen LogP contribution in [0.4, 0.5) is 0 Å². The van der Waals surface area contributed by atoms with E-state index in [0.29, 0.717) is 11.3 Å². The molecule has 4 rings (SSSR count). The van der Waals surface area contributed by atoms with Crippen LogP contribution in [-0.4, -0.2) is 54.3 Å². The summed E-state index contributed by atoms with van der Waals surface area (Å²) in [7, 11) is 0. The number of β-lactam (4-membered cyclic amide) rings is 1. The van der Waals surface area contributed by atoms with E-state index in [1.54, 1.807) is 29.9 Å². The highest BCUT2D eigenvalue weighted by molar-refractivity contribution is 7.18. The molecule has 0 radical (unpaired) electrons. The highest BCUT2D eigenvalue weighted by atomic mass is 32.1. The van der Waals surface area contributed by atoms with Gasteiger partial charge >= 0.3 is 5.97 Å². The zero-order chi connectivity index (χ0) is 20.3. The van der Waals surface area contributed by atoms with E-state index in [2.05, 4.69) is 4.98 Å². The molecule has 1 saturated heterocycles. The number of hydrogen-bond donors (Lipinski definition) is 2. The largest absolute Gasteiger partial charge is 0.477 e. The molecule has 8 nitrogen and oxygen atoms in total. The predicted octanol–water partition coefficient (Wildman–Crippen LogP) is 1.65. The number of thiazole rings is 1. The van der Waals surface area contributed by atoms with Gasteiger partial charge in [-0.3, -0.25) is 14.0 Å². The molecule has 146 valence electrons. The second-order valence-corrected chi connectivity index (χ2v) is 8.23. The number of aromatic nitrogens is 2. The lowest BCUT2D eigenvalue weighted by molar-refractivity contribution is -0.163. The second kappa shape index (κ2) is 6.39. The zero-order valence-electron chi connectivity index (χ0n) is 15.5. The van der Waals surface area contributed by atoms with Crippen molar-refractivity contribution in [3.05, 3.63) is 34.9 Å². The molecular weight excluding hydrogens is 382 g/mol. The fourth-order valence-electron chi connectivity index (χ4n) is 4.15. The Labute approximate surface area is 164 Å². The first-order valence-corrected chi connectivity index (χ1v) is 9.68. The van der Waals surface area contributed by atoms with E-state index in [4.69, 9.17) is 0 Å². The van der Waals surface area contributed by atoms with Gasteiger partial charge in [-0.15, -0.1) is 11.3 Å². The Hall–Kier alpha value is -2.78. The number of hydrogen-bond acceptors (Lipinski definition) is 6. The third-order valence-electron chi connectivity index (χ3n) is 5.35. The van der Waals surface area contributed by atoms with Gasteiger partial charge in [0.25, 0.3) is 0 Å². The zero-order valence-corrected chi connectivity index (χ0v) is 16.3. The van der Waals surface area contributed by atoms with Crippen molar-refractivity contribution >= 4 is 45.5 Å². The van der Waals surface area contributed by atoms with Gasteiger partial charge in [0, 0.05) is 17.7 Å². The van der Waals surface area contributed by atoms with E-state index in [9.17, 15) is 24.6 Å². The average molecular weight is 401 g/mol. The van der Waals surface area contributed by atoms with Crippen molar-refractivity contribution in [2.45, 2.75) is 32.9 Å². The average Bonchev–Trinajstić information content (AvgIpc) is 3.22. The van der Waals surface area contributed by atoms with E-state index in [0.717, 1.165) is 9.71 Å². The molecule has 0 aromatic carbocycles. The van der Waals surface area contributed by atoms with Crippen LogP contribution in [0, 0.1) is 11.8 Å². The lowest BCUT2D eigenvalue weighted by Gasteiger charge is -2.46. The summed E-state index contributed by atoms with van der Waals surface area (Å²) in [4.78, 5) is 42.7. The Morgan fingerprint density at radius 3 is 2.71 bits per heavy atom. The normalized spacial score (nSPS) is 25.5. The van der Waals surface area contributed by atoms with Crippen molar-refractivity contribution in [1.82, 2.24) is 14.3 Å². The number of carbonyl (C=O) groups excluding carboxylic acids is 2. The van der Waals surface area contributed by atoms with Crippen LogP contribution in [0.5, 0.6) is 0 Å². The number of amides is 1. The van der Waals surface area contributed by atoms with Crippen LogP contribution in [0.2, 0.25) is 0 Å². The van der Waals surface area contributed by atoms with Gasteiger partial charge in [0.05, 0.1) is 28.6 Å². The summed E-state index contributed by atoms with van der Waals surface area (Å²) in [5, 5.41) is 19.7. The van der Waals surface area contributed by atoms with Crippen molar-refractivity contribution in [2.24, 2.45) is 11.8 Å². The summed E-state index contributed by atoms with van der Waals surface area (Å²) in [5.41, 5.74) is 1.19. The summed E-state index contributed by atoms with van der Waals surface area (Å²) >= 11 is 1.36. The van der Waals surface area contributed by atoms with E-state index in [1.165, 1.54) is 29.2 Å². The molecule has 9 heteroatoms. The van der Waals surface area contributed by atoms with Gasteiger partial charge < -0.3 is 15.1 Å². The molecule has 2 aliphatic rings. The third-order valence-corrected chi connectivity index (χ3v) is 6.51. The molecule has 2 aliphatic heterocycles. The van der Waals surface area contributed by atoms with Crippen molar-refractivity contribution in [2.75, 3.05) is 0 Å². The van der Waals surface area contributed by atoms with Gasteiger partial charge in [0.1, 0.15) is 16.9 Å². The number of carboxylic acids is 1. The Morgan fingerprint density at radius 1 is 1.39 bits per heavy atom. The molecule has 1 amide bonds. The van der Waals surface area contributed by atoms with Gasteiger partial charge in [-0.1, -0.05) is 6.92 Å². The quantitative estimate of drug-likeness (QED) is 0.582. The number of aliphatic carboxylic acids is 1. The van der Waals surface area contributed by atoms with E-state index < -0.39 is 18.0 Å².